The molecule has 1 atom stereocenters. The highest BCUT2D eigenvalue weighted by Gasteiger charge is 2.37. The summed E-state index contributed by atoms with van der Waals surface area (Å²) < 4.78 is 5.04. The quantitative estimate of drug-likeness (QED) is 0.480. The first-order valence-corrected chi connectivity index (χ1v) is 9.86. The molecule has 2 heterocycles. The molecule has 160 valence electrons. The molecule has 1 fully saturated rings. The van der Waals surface area contributed by atoms with E-state index in [9.17, 15) is 24.0 Å². The van der Waals surface area contributed by atoms with Crippen LogP contribution in [0.1, 0.15) is 27.1 Å². The van der Waals surface area contributed by atoms with Crippen LogP contribution in [0.2, 0.25) is 0 Å². The number of carbonyl (C=O) groups is 5. The number of carbonyl (C=O) groups excluding carboxylic acids is 4. The number of amides is 3. The van der Waals surface area contributed by atoms with Gasteiger partial charge in [0.1, 0.15) is 5.03 Å². The standard InChI is InChI=1S/C20H17N3O7S/c1-23-16(25)9-14(18(23)26)31-17-13(3-2-8-21-17)20(29)30-10-15(24)22-12-6-4-11(5-7-12)19(27)28/h2-8,14H,9-10H2,1H3,(H,22,24)(H,27,28). The number of aromatic nitrogens is 1. The molecule has 1 aromatic carbocycles. The Morgan fingerprint density at radius 2 is 1.94 bits per heavy atom. The first-order valence-electron chi connectivity index (χ1n) is 8.98. The summed E-state index contributed by atoms with van der Waals surface area (Å²) in [5.41, 5.74) is 0.484. The molecule has 1 aliphatic heterocycles. The van der Waals surface area contributed by atoms with Crippen LogP contribution in [-0.2, 0) is 19.1 Å². The number of pyridine rings is 1. The number of rotatable bonds is 7. The van der Waals surface area contributed by atoms with Crippen molar-refractivity contribution in [2.75, 3.05) is 19.0 Å². The number of esters is 1. The summed E-state index contributed by atoms with van der Waals surface area (Å²) in [6, 6.07) is 8.45. The van der Waals surface area contributed by atoms with Crippen LogP contribution in [0.15, 0.2) is 47.6 Å². The maximum Gasteiger partial charge on any atom is 0.341 e. The van der Waals surface area contributed by atoms with Gasteiger partial charge in [0.25, 0.3) is 5.91 Å². The Labute approximate surface area is 180 Å². The van der Waals surface area contributed by atoms with E-state index in [1.807, 2.05) is 0 Å². The first kappa shape index (κ1) is 22.0. The van der Waals surface area contributed by atoms with Crippen LogP contribution in [0.5, 0.6) is 0 Å². The highest BCUT2D eigenvalue weighted by Crippen LogP contribution is 2.31. The average molecular weight is 443 g/mol. The summed E-state index contributed by atoms with van der Waals surface area (Å²) in [7, 11) is 1.40. The van der Waals surface area contributed by atoms with E-state index < -0.39 is 29.7 Å². The Morgan fingerprint density at radius 1 is 1.23 bits per heavy atom. The van der Waals surface area contributed by atoms with Crippen molar-refractivity contribution in [1.29, 1.82) is 0 Å². The van der Waals surface area contributed by atoms with Crippen LogP contribution >= 0.6 is 11.8 Å². The van der Waals surface area contributed by atoms with Crippen molar-refractivity contribution in [2.45, 2.75) is 16.7 Å². The monoisotopic (exact) mass is 443 g/mol. The molecular formula is C20H17N3O7S. The number of aromatic carboxylic acids is 1. The Bertz CT molecular complexity index is 1050. The number of benzene rings is 1. The molecule has 10 nitrogen and oxygen atoms in total. The fourth-order valence-corrected chi connectivity index (χ4v) is 3.85. The summed E-state index contributed by atoms with van der Waals surface area (Å²) in [6.07, 6.45) is 1.45. The van der Waals surface area contributed by atoms with Crippen molar-refractivity contribution in [3.8, 4) is 0 Å². The number of ether oxygens (including phenoxy) is 1. The van der Waals surface area contributed by atoms with E-state index in [1.165, 1.54) is 49.6 Å². The fourth-order valence-electron chi connectivity index (χ4n) is 2.69. The van der Waals surface area contributed by atoms with Crippen molar-refractivity contribution in [1.82, 2.24) is 9.88 Å². The van der Waals surface area contributed by atoms with Gasteiger partial charge in [0, 0.05) is 25.4 Å². The molecule has 3 amide bonds. The van der Waals surface area contributed by atoms with E-state index in [0.717, 1.165) is 16.7 Å². The number of likely N-dealkylation sites (tertiary alicyclic amines) is 1. The number of hydrogen-bond acceptors (Lipinski definition) is 8. The third-order valence-corrected chi connectivity index (χ3v) is 5.54. The maximum absolute atomic E-state index is 12.4. The van der Waals surface area contributed by atoms with Gasteiger partial charge in [-0.25, -0.2) is 14.6 Å². The van der Waals surface area contributed by atoms with Gasteiger partial charge in [-0.1, -0.05) is 11.8 Å². The van der Waals surface area contributed by atoms with E-state index in [0.29, 0.717) is 5.69 Å². The van der Waals surface area contributed by atoms with Crippen LogP contribution < -0.4 is 5.32 Å². The second-order valence-corrected chi connectivity index (χ2v) is 7.66. The van der Waals surface area contributed by atoms with Crippen LogP contribution in [0.25, 0.3) is 0 Å². The lowest BCUT2D eigenvalue weighted by Crippen LogP contribution is -2.26. The topological polar surface area (TPSA) is 143 Å². The van der Waals surface area contributed by atoms with Gasteiger partial charge in [0.05, 0.1) is 16.4 Å². The second kappa shape index (κ2) is 9.39. The number of carboxylic acids is 1. The zero-order chi connectivity index (χ0) is 22.5. The maximum atomic E-state index is 12.4. The third-order valence-electron chi connectivity index (χ3n) is 4.34. The third kappa shape index (κ3) is 5.25. The highest BCUT2D eigenvalue weighted by molar-refractivity contribution is 8.00. The molecule has 1 aromatic heterocycles. The SMILES string of the molecule is CN1C(=O)CC(Sc2ncccc2C(=O)OCC(=O)Nc2ccc(C(=O)O)cc2)C1=O. The first-order chi connectivity index (χ1) is 14.8. The van der Waals surface area contributed by atoms with E-state index in [2.05, 4.69) is 10.3 Å². The molecule has 0 bridgehead atoms. The number of imide groups is 1. The lowest BCUT2D eigenvalue weighted by atomic mass is 10.2. The molecular weight excluding hydrogens is 426 g/mol. The number of anilines is 1. The van der Waals surface area contributed by atoms with Crippen molar-refractivity contribution >= 4 is 47.1 Å². The smallest absolute Gasteiger partial charge is 0.341 e. The molecule has 11 heteroatoms. The van der Waals surface area contributed by atoms with Gasteiger partial charge in [-0.3, -0.25) is 19.3 Å². The predicted octanol–water partition coefficient (Wildman–Crippen LogP) is 1.42. The minimum atomic E-state index is -1.09. The minimum absolute atomic E-state index is 0.00807. The molecule has 2 aromatic rings. The molecule has 3 rings (SSSR count). The summed E-state index contributed by atoms with van der Waals surface area (Å²) >= 11 is 0.990. The largest absolute Gasteiger partial charge is 0.478 e. The summed E-state index contributed by atoms with van der Waals surface area (Å²) in [4.78, 5) is 64.2. The van der Waals surface area contributed by atoms with Gasteiger partial charge in [-0.15, -0.1) is 0 Å². The van der Waals surface area contributed by atoms with Crippen molar-refractivity contribution < 1.29 is 33.8 Å². The number of thioether (sulfide) groups is 1. The summed E-state index contributed by atoms with van der Waals surface area (Å²) in [6.45, 7) is -0.581. The number of hydrogen-bond donors (Lipinski definition) is 2. The molecule has 1 unspecified atom stereocenters. The van der Waals surface area contributed by atoms with E-state index in [4.69, 9.17) is 9.84 Å². The number of nitrogens with one attached hydrogen (secondary N) is 1. The van der Waals surface area contributed by atoms with Gasteiger partial charge in [0.2, 0.25) is 11.8 Å². The Kier molecular flexibility index (Phi) is 6.65. The lowest BCUT2D eigenvalue weighted by molar-refractivity contribution is -0.136. The normalized spacial score (nSPS) is 15.6. The molecule has 1 saturated heterocycles. The molecule has 31 heavy (non-hydrogen) atoms. The number of carboxylic acid groups (broad SMARTS) is 1. The second-order valence-electron chi connectivity index (χ2n) is 6.46. The van der Waals surface area contributed by atoms with E-state index in [-0.39, 0.29) is 34.4 Å². The molecule has 0 spiro atoms. The van der Waals surface area contributed by atoms with Gasteiger partial charge in [0.15, 0.2) is 6.61 Å². The summed E-state index contributed by atoms with van der Waals surface area (Å²) in [5.74, 6) is -3.19. The molecule has 2 N–H and O–H groups in total. The van der Waals surface area contributed by atoms with Crippen LogP contribution in [0.4, 0.5) is 5.69 Å². The van der Waals surface area contributed by atoms with Crippen LogP contribution in [0, 0.1) is 0 Å². The Morgan fingerprint density at radius 3 is 2.55 bits per heavy atom. The summed E-state index contributed by atoms with van der Waals surface area (Å²) in [5, 5.41) is 10.9. The fraction of sp³-hybridized carbons (Fsp3) is 0.200. The Hall–Kier alpha value is -3.73. The van der Waals surface area contributed by atoms with Gasteiger partial charge >= 0.3 is 11.9 Å². The van der Waals surface area contributed by atoms with Crippen molar-refractivity contribution in [3.63, 3.8) is 0 Å². The number of nitrogens with zero attached hydrogens (tertiary/aromatic N) is 2. The van der Waals surface area contributed by atoms with Crippen LogP contribution in [-0.4, -0.2) is 63.6 Å². The predicted molar refractivity (Wildman–Crippen MR) is 109 cm³/mol. The highest BCUT2D eigenvalue weighted by atomic mass is 32.2. The molecule has 0 aliphatic carbocycles. The zero-order valence-corrected chi connectivity index (χ0v) is 17.0. The average Bonchev–Trinajstić information content (AvgIpc) is 2.99. The van der Waals surface area contributed by atoms with Crippen molar-refractivity contribution in [2.24, 2.45) is 0 Å². The van der Waals surface area contributed by atoms with Crippen LogP contribution in [0.3, 0.4) is 0 Å². The Balaban J connectivity index is 1.59. The van der Waals surface area contributed by atoms with Crippen molar-refractivity contribution in [3.05, 3.63) is 53.7 Å². The van der Waals surface area contributed by atoms with E-state index in [1.54, 1.807) is 0 Å². The molecule has 1 aliphatic rings. The zero-order valence-electron chi connectivity index (χ0n) is 16.2. The van der Waals surface area contributed by atoms with E-state index >= 15 is 0 Å². The molecule has 0 saturated carbocycles. The van der Waals surface area contributed by atoms with Gasteiger partial charge in [-0.05, 0) is 36.4 Å². The van der Waals surface area contributed by atoms with Gasteiger partial charge < -0.3 is 15.2 Å². The lowest BCUT2D eigenvalue weighted by Gasteiger charge is -2.11. The molecule has 0 radical (unpaired) electrons. The van der Waals surface area contributed by atoms with Gasteiger partial charge in [-0.2, -0.15) is 0 Å². The minimum Gasteiger partial charge on any atom is -0.478 e.